The highest BCUT2D eigenvalue weighted by molar-refractivity contribution is 7.80. The first kappa shape index (κ1) is 56.2. The molecule has 0 fully saturated rings. The van der Waals surface area contributed by atoms with Crippen LogP contribution in [0.25, 0.3) is 0 Å². The van der Waals surface area contributed by atoms with Crippen molar-refractivity contribution >= 4 is 56.7 Å². The Labute approximate surface area is 330 Å². The highest BCUT2D eigenvalue weighted by Crippen LogP contribution is 2.19. The summed E-state index contributed by atoms with van der Waals surface area (Å²) in [6.45, 7) is 15.1. The molecule has 0 saturated heterocycles. The molecule has 20 heteroatoms. The summed E-state index contributed by atoms with van der Waals surface area (Å²) in [5.74, 6) is 1.06. The number of alkyl carbamates (subject to hydrolysis) is 2. The van der Waals surface area contributed by atoms with Gasteiger partial charge in [0.2, 0.25) is 11.3 Å². The van der Waals surface area contributed by atoms with Crippen LogP contribution >= 0.6 is 0 Å². The van der Waals surface area contributed by atoms with E-state index in [0.29, 0.717) is 51.1 Å². The minimum atomic E-state index is -1.43. The maximum absolute atomic E-state index is 11.8. The first-order valence-corrected chi connectivity index (χ1v) is 23.5. The van der Waals surface area contributed by atoms with Gasteiger partial charge in [-0.2, -0.15) is 4.31 Å². The molecule has 0 aromatic heterocycles. The molecule has 320 valence electrons. The number of likely N-dealkylation sites (N-methyl/N-ethyl adjacent to an activating group) is 1. The summed E-state index contributed by atoms with van der Waals surface area (Å²) < 4.78 is 80.3. The normalized spacial score (nSPS) is 14.9. The van der Waals surface area contributed by atoms with Gasteiger partial charge in [0, 0.05) is 51.1 Å². The molecular formula is C33H71N3O13S4. The molecule has 0 spiro atoms. The molecule has 16 nitrogen and oxygen atoms in total. The number of rotatable bonds is 30. The third-order valence-electron chi connectivity index (χ3n) is 6.94. The predicted octanol–water partition coefficient (Wildman–Crippen LogP) is 4.87. The molecule has 0 aliphatic carbocycles. The molecule has 0 rings (SSSR count). The molecule has 0 saturated carbocycles. The first-order valence-electron chi connectivity index (χ1n) is 18.2. The van der Waals surface area contributed by atoms with E-state index in [9.17, 15) is 26.4 Å². The van der Waals surface area contributed by atoms with Crippen molar-refractivity contribution < 1.29 is 57.4 Å². The van der Waals surface area contributed by atoms with E-state index in [2.05, 4.69) is 21.7 Å². The topological polar surface area (TPSA) is 194 Å². The molecule has 6 unspecified atom stereocenters. The minimum Gasteiger partial charge on any atom is -0.445 e. The second-order valence-corrected chi connectivity index (χ2v) is 16.4. The summed E-state index contributed by atoms with van der Waals surface area (Å²) >= 11 is -5.05. The van der Waals surface area contributed by atoms with Crippen LogP contribution in [-0.2, 0) is 75.5 Å². The number of hydrogen-bond acceptors (Lipinski definition) is 13. The van der Waals surface area contributed by atoms with Crippen molar-refractivity contribution in [1.82, 2.24) is 14.9 Å². The van der Waals surface area contributed by atoms with Gasteiger partial charge in [-0.3, -0.25) is 16.7 Å². The van der Waals surface area contributed by atoms with E-state index in [4.69, 9.17) is 26.8 Å². The molecule has 0 aliphatic rings. The first-order chi connectivity index (χ1) is 25.2. The largest absolute Gasteiger partial charge is 0.445 e. The number of nitrogens with one attached hydrogen (secondary N) is 2. The molecule has 2 amide bonds. The summed E-state index contributed by atoms with van der Waals surface area (Å²) in [4.78, 5) is 23.3. The Morgan fingerprint density at radius 3 is 1.89 bits per heavy atom. The van der Waals surface area contributed by atoms with Gasteiger partial charge in [-0.05, 0) is 45.4 Å². The lowest BCUT2D eigenvalue weighted by Gasteiger charge is -2.28. The van der Waals surface area contributed by atoms with Crippen molar-refractivity contribution in [3.63, 3.8) is 0 Å². The SMILES string of the molecule is CCCCCC(CCOS(C)=O)CCS(=O)OC.CCCCNC(=O)OC(C)(COCC)COC(=O)NCCC.CCN(CCOS(C)=O)S(=O)OC. The number of unbranched alkanes of at least 4 members (excludes halogenated alkanes) is 3. The number of nitrogens with zero attached hydrogens (tertiary/aromatic N) is 1. The van der Waals surface area contributed by atoms with Crippen LogP contribution in [0.5, 0.6) is 0 Å². The lowest BCUT2D eigenvalue weighted by Crippen LogP contribution is -2.45. The predicted molar refractivity (Wildman–Crippen MR) is 213 cm³/mol. The van der Waals surface area contributed by atoms with Gasteiger partial charge in [0.25, 0.3) is 0 Å². The zero-order chi connectivity index (χ0) is 40.9. The third-order valence-corrected chi connectivity index (χ3v) is 10.0. The summed E-state index contributed by atoms with van der Waals surface area (Å²) in [7, 11) is 2.84. The van der Waals surface area contributed by atoms with Crippen LogP contribution in [0, 0.1) is 5.92 Å². The van der Waals surface area contributed by atoms with Crippen LogP contribution < -0.4 is 10.6 Å². The van der Waals surface area contributed by atoms with Crippen molar-refractivity contribution in [2.24, 2.45) is 5.92 Å². The second kappa shape index (κ2) is 39.1. The lowest BCUT2D eigenvalue weighted by molar-refractivity contribution is -0.0730. The van der Waals surface area contributed by atoms with Crippen LogP contribution in [-0.4, -0.2) is 131 Å². The van der Waals surface area contributed by atoms with Gasteiger partial charge in [-0.1, -0.05) is 59.8 Å². The van der Waals surface area contributed by atoms with Gasteiger partial charge in [-0.25, -0.2) is 26.4 Å². The van der Waals surface area contributed by atoms with Gasteiger partial charge in [-0.15, -0.1) is 0 Å². The van der Waals surface area contributed by atoms with Crippen molar-refractivity contribution in [2.45, 2.75) is 105 Å². The second-order valence-electron chi connectivity index (χ2n) is 11.7. The number of carbonyl (C=O) groups excluding carboxylic acids is 2. The molecule has 2 N–H and O–H groups in total. The zero-order valence-corrected chi connectivity index (χ0v) is 37.2. The van der Waals surface area contributed by atoms with E-state index < -0.39 is 62.3 Å². The average Bonchev–Trinajstić information content (AvgIpc) is 3.12. The highest BCUT2D eigenvalue weighted by atomic mass is 32.2. The van der Waals surface area contributed by atoms with E-state index >= 15 is 0 Å². The fourth-order valence-corrected chi connectivity index (χ4v) is 6.01. The summed E-state index contributed by atoms with van der Waals surface area (Å²) in [6.07, 6.45) is 11.1. The van der Waals surface area contributed by atoms with Gasteiger partial charge in [0.1, 0.15) is 6.61 Å². The Morgan fingerprint density at radius 1 is 0.736 bits per heavy atom. The van der Waals surface area contributed by atoms with Crippen LogP contribution in [0.2, 0.25) is 0 Å². The van der Waals surface area contributed by atoms with E-state index in [-0.39, 0.29) is 19.8 Å². The minimum absolute atomic E-state index is 0.0657. The van der Waals surface area contributed by atoms with Crippen LogP contribution in [0.3, 0.4) is 0 Å². The molecule has 0 radical (unpaired) electrons. The summed E-state index contributed by atoms with van der Waals surface area (Å²) in [6, 6.07) is 0. The van der Waals surface area contributed by atoms with Crippen LogP contribution in [0.15, 0.2) is 0 Å². The fraction of sp³-hybridized carbons (Fsp3) is 0.939. The van der Waals surface area contributed by atoms with E-state index in [1.165, 1.54) is 46.0 Å². The molecule has 0 aromatic carbocycles. The Hall–Kier alpha value is -1.10. The molecule has 0 bridgehead atoms. The van der Waals surface area contributed by atoms with Crippen molar-refractivity contribution in [2.75, 3.05) is 91.7 Å². The van der Waals surface area contributed by atoms with Gasteiger partial charge >= 0.3 is 12.2 Å². The quantitative estimate of drug-likeness (QED) is 0.0932. The standard InChI is InChI=1S/C15H30N2O5.C12H26O4S2.C6H15NO4S2/c1-5-8-10-17-14(19)22-15(4,11-20-7-3)12-21-13(18)16-9-6-2;1-4-5-6-7-12(8-10-16-17(3)13)9-11-18(14)15-2;1-4-7(13(9)10-2)5-6-11-12(3)8/h5-12H2,1-4H3,(H,16,18)(H,17,19);12H,4-11H2,1-3H3;4-6H2,1-3H3. The molecule has 0 aliphatic heterocycles. The highest BCUT2D eigenvalue weighted by Gasteiger charge is 2.31. The van der Waals surface area contributed by atoms with Gasteiger partial charge < -0.3 is 24.8 Å². The Kier molecular flexibility index (Phi) is 41.5. The van der Waals surface area contributed by atoms with Gasteiger partial charge in [0.15, 0.2) is 38.8 Å². The number of amides is 2. The van der Waals surface area contributed by atoms with E-state index in [1.54, 1.807) is 11.2 Å². The smallest absolute Gasteiger partial charge is 0.407 e. The van der Waals surface area contributed by atoms with Crippen molar-refractivity contribution in [3.05, 3.63) is 0 Å². The molecule has 0 aromatic rings. The number of ether oxygens (including phenoxy) is 3. The monoisotopic (exact) mass is 845 g/mol. The lowest BCUT2D eigenvalue weighted by atomic mass is 9.96. The third kappa shape index (κ3) is 39.0. The molecule has 6 atom stereocenters. The zero-order valence-electron chi connectivity index (χ0n) is 33.9. The Balaban J connectivity index is -0.000000732. The number of hydrogen-bond donors (Lipinski definition) is 2. The fourth-order valence-electron chi connectivity index (χ4n) is 4.04. The van der Waals surface area contributed by atoms with Crippen LogP contribution in [0.4, 0.5) is 9.59 Å². The molecule has 53 heavy (non-hydrogen) atoms. The molecule has 0 heterocycles. The van der Waals surface area contributed by atoms with Crippen molar-refractivity contribution in [1.29, 1.82) is 0 Å². The van der Waals surface area contributed by atoms with Gasteiger partial charge in [0.05, 0.1) is 34.0 Å². The summed E-state index contributed by atoms with van der Waals surface area (Å²) in [5, 5.41) is 5.26. The van der Waals surface area contributed by atoms with E-state index in [1.807, 2.05) is 27.7 Å². The number of carbonyl (C=O) groups is 2. The average molecular weight is 846 g/mol. The summed E-state index contributed by atoms with van der Waals surface area (Å²) in [5.41, 5.74) is -1.02. The molecular weight excluding hydrogens is 775 g/mol. The maximum Gasteiger partial charge on any atom is 0.407 e. The maximum atomic E-state index is 11.8. The van der Waals surface area contributed by atoms with Crippen molar-refractivity contribution in [3.8, 4) is 0 Å². The Morgan fingerprint density at radius 2 is 1.36 bits per heavy atom. The van der Waals surface area contributed by atoms with E-state index in [0.717, 1.165) is 38.5 Å². The Bertz CT molecular complexity index is 1000. The van der Waals surface area contributed by atoms with Crippen LogP contribution in [0.1, 0.15) is 99.3 Å².